The van der Waals surface area contributed by atoms with Crippen molar-refractivity contribution in [3.63, 3.8) is 0 Å². The van der Waals surface area contributed by atoms with Crippen molar-refractivity contribution in [1.82, 2.24) is 9.55 Å². The van der Waals surface area contributed by atoms with Gasteiger partial charge in [-0.3, -0.25) is 14.2 Å². The molecule has 0 atom stereocenters. The summed E-state index contributed by atoms with van der Waals surface area (Å²) in [6.07, 6.45) is 1.80. The summed E-state index contributed by atoms with van der Waals surface area (Å²) in [7, 11) is 1.30. The number of aromatic nitrogens is 2. The third-order valence-corrected chi connectivity index (χ3v) is 4.79. The number of nitrogens with one attached hydrogen (secondary N) is 1. The molecule has 0 aliphatic heterocycles. The van der Waals surface area contributed by atoms with E-state index < -0.39 is 5.97 Å². The Hall–Kier alpha value is -3.39. The Morgan fingerprint density at radius 3 is 2.41 bits per heavy atom. The molecule has 148 valence electrons. The van der Waals surface area contributed by atoms with E-state index in [9.17, 15) is 14.4 Å². The van der Waals surface area contributed by atoms with Crippen molar-refractivity contribution in [3.8, 4) is 11.3 Å². The number of rotatable bonds is 6. The van der Waals surface area contributed by atoms with E-state index in [0.29, 0.717) is 22.1 Å². The van der Waals surface area contributed by atoms with Crippen molar-refractivity contribution in [2.75, 3.05) is 18.7 Å². The minimum absolute atomic E-state index is 0.171. The van der Waals surface area contributed by atoms with E-state index >= 15 is 0 Å². The number of carbonyl (C=O) groups excluding carboxylic acids is 2. The fourth-order valence-corrected chi connectivity index (χ4v) is 3.26. The predicted molar refractivity (Wildman–Crippen MR) is 112 cm³/mol. The lowest BCUT2D eigenvalue weighted by molar-refractivity contribution is -0.116. The molecular weight excluding hydrogens is 390 g/mol. The van der Waals surface area contributed by atoms with Crippen molar-refractivity contribution in [3.05, 3.63) is 76.6 Å². The first-order valence-electron chi connectivity index (χ1n) is 8.71. The Balaban J connectivity index is 1.78. The van der Waals surface area contributed by atoms with Crippen molar-refractivity contribution in [2.45, 2.75) is 11.7 Å². The van der Waals surface area contributed by atoms with Crippen LogP contribution in [0.3, 0.4) is 0 Å². The summed E-state index contributed by atoms with van der Waals surface area (Å²) < 4.78 is 5.97. The van der Waals surface area contributed by atoms with Gasteiger partial charge in [0.2, 0.25) is 5.91 Å². The highest BCUT2D eigenvalue weighted by Gasteiger charge is 2.13. The maximum atomic E-state index is 12.6. The van der Waals surface area contributed by atoms with Gasteiger partial charge in [-0.1, -0.05) is 42.1 Å². The Kier molecular flexibility index (Phi) is 6.46. The first-order valence-corrected chi connectivity index (χ1v) is 9.94. The van der Waals surface area contributed by atoms with E-state index in [1.54, 1.807) is 30.5 Å². The summed E-state index contributed by atoms with van der Waals surface area (Å²) in [4.78, 5) is 41.0. The first-order chi connectivity index (χ1) is 14.0. The number of thioether (sulfide) groups is 1. The molecule has 3 aromatic rings. The molecule has 2 aromatic carbocycles. The van der Waals surface area contributed by atoms with Gasteiger partial charge in [-0.05, 0) is 30.5 Å². The normalized spacial score (nSPS) is 10.4. The van der Waals surface area contributed by atoms with Crippen LogP contribution in [0.15, 0.2) is 70.6 Å². The highest BCUT2D eigenvalue weighted by atomic mass is 32.2. The minimum atomic E-state index is -0.455. The molecule has 8 heteroatoms. The summed E-state index contributed by atoms with van der Waals surface area (Å²) in [6.45, 7) is -0.171. The van der Waals surface area contributed by atoms with Gasteiger partial charge in [-0.2, -0.15) is 0 Å². The smallest absolute Gasteiger partial charge is 0.337 e. The van der Waals surface area contributed by atoms with Crippen LogP contribution in [0.2, 0.25) is 0 Å². The average Bonchev–Trinajstić information content (AvgIpc) is 2.75. The van der Waals surface area contributed by atoms with Crippen LogP contribution in [0, 0.1) is 0 Å². The van der Waals surface area contributed by atoms with Crippen molar-refractivity contribution in [2.24, 2.45) is 0 Å². The van der Waals surface area contributed by atoms with E-state index in [4.69, 9.17) is 0 Å². The van der Waals surface area contributed by atoms with Crippen LogP contribution < -0.4 is 10.9 Å². The lowest BCUT2D eigenvalue weighted by Gasteiger charge is -2.12. The van der Waals surface area contributed by atoms with Crippen LogP contribution in [0.5, 0.6) is 0 Å². The van der Waals surface area contributed by atoms with Crippen LogP contribution >= 0.6 is 11.8 Å². The zero-order valence-electron chi connectivity index (χ0n) is 15.9. The van der Waals surface area contributed by atoms with Crippen LogP contribution in [-0.2, 0) is 16.1 Å². The number of ether oxygens (including phenoxy) is 1. The molecular formula is C21H19N3O4S. The Bertz CT molecular complexity index is 1080. The second-order valence-electron chi connectivity index (χ2n) is 6.04. The van der Waals surface area contributed by atoms with E-state index in [0.717, 1.165) is 5.56 Å². The second kappa shape index (κ2) is 9.20. The molecule has 0 aliphatic rings. The summed E-state index contributed by atoms with van der Waals surface area (Å²) >= 11 is 1.29. The molecule has 0 bridgehead atoms. The molecule has 0 unspecified atom stereocenters. The van der Waals surface area contributed by atoms with Crippen molar-refractivity contribution >= 4 is 29.3 Å². The van der Waals surface area contributed by atoms with Crippen LogP contribution in [0.4, 0.5) is 5.69 Å². The number of hydrogen-bond acceptors (Lipinski definition) is 6. The van der Waals surface area contributed by atoms with Gasteiger partial charge < -0.3 is 10.1 Å². The van der Waals surface area contributed by atoms with Crippen LogP contribution in [0.25, 0.3) is 11.3 Å². The fraction of sp³-hybridized carbons (Fsp3) is 0.143. The maximum absolute atomic E-state index is 12.6. The lowest BCUT2D eigenvalue weighted by atomic mass is 10.1. The van der Waals surface area contributed by atoms with Gasteiger partial charge in [0, 0.05) is 17.3 Å². The van der Waals surface area contributed by atoms with Crippen molar-refractivity contribution < 1.29 is 14.3 Å². The highest BCUT2D eigenvalue weighted by molar-refractivity contribution is 7.98. The summed E-state index contributed by atoms with van der Waals surface area (Å²) in [5.74, 6) is -0.828. The third kappa shape index (κ3) is 4.91. The summed E-state index contributed by atoms with van der Waals surface area (Å²) in [5.41, 5.74) is 1.99. The quantitative estimate of drug-likeness (QED) is 0.382. The highest BCUT2D eigenvalue weighted by Crippen LogP contribution is 2.19. The SMILES string of the molecule is COC(=O)c1ccc(NC(=O)Cn2c(SC)nc(-c3ccccc3)cc2=O)cc1. The average molecular weight is 409 g/mol. The molecule has 29 heavy (non-hydrogen) atoms. The van der Waals surface area contributed by atoms with Gasteiger partial charge >= 0.3 is 5.97 Å². The fourth-order valence-electron chi connectivity index (χ4n) is 2.69. The monoisotopic (exact) mass is 409 g/mol. The van der Waals surface area contributed by atoms with Gasteiger partial charge in [0.05, 0.1) is 18.4 Å². The third-order valence-electron chi connectivity index (χ3n) is 4.12. The number of esters is 1. The Labute approximate surface area is 171 Å². The van der Waals surface area contributed by atoms with Crippen molar-refractivity contribution in [1.29, 1.82) is 0 Å². The minimum Gasteiger partial charge on any atom is -0.465 e. The number of carbonyl (C=O) groups is 2. The Morgan fingerprint density at radius 1 is 1.10 bits per heavy atom. The largest absolute Gasteiger partial charge is 0.465 e. The molecule has 1 aromatic heterocycles. The standard InChI is InChI=1S/C21H19N3O4S/c1-28-20(27)15-8-10-16(11-9-15)22-18(25)13-24-19(26)12-17(23-21(24)29-2)14-6-4-3-5-7-14/h3-12H,13H2,1-2H3,(H,22,25). The predicted octanol–water partition coefficient (Wildman–Crippen LogP) is 3.06. The van der Waals surface area contributed by atoms with E-state index in [1.165, 1.54) is 29.5 Å². The van der Waals surface area contributed by atoms with Gasteiger partial charge in [-0.25, -0.2) is 9.78 Å². The lowest BCUT2D eigenvalue weighted by Crippen LogP contribution is -2.29. The number of hydrogen-bond donors (Lipinski definition) is 1. The first kappa shape index (κ1) is 20.3. The van der Waals surface area contributed by atoms with E-state index in [-0.39, 0.29) is 18.0 Å². The molecule has 1 heterocycles. The molecule has 0 saturated heterocycles. The zero-order valence-corrected chi connectivity index (χ0v) is 16.7. The van der Waals surface area contributed by atoms with Gasteiger partial charge in [-0.15, -0.1) is 0 Å². The topological polar surface area (TPSA) is 90.3 Å². The van der Waals surface area contributed by atoms with Crippen LogP contribution in [0.1, 0.15) is 10.4 Å². The number of methoxy groups -OCH3 is 1. The molecule has 7 nitrogen and oxygen atoms in total. The molecule has 3 rings (SSSR count). The molecule has 0 saturated carbocycles. The molecule has 0 fully saturated rings. The molecule has 1 N–H and O–H groups in total. The second-order valence-corrected chi connectivity index (χ2v) is 6.81. The van der Waals surface area contributed by atoms with E-state index in [1.807, 2.05) is 30.3 Å². The molecule has 0 aliphatic carbocycles. The number of anilines is 1. The van der Waals surface area contributed by atoms with Gasteiger partial charge in [0.1, 0.15) is 6.54 Å². The molecule has 0 radical (unpaired) electrons. The van der Waals surface area contributed by atoms with E-state index in [2.05, 4.69) is 15.0 Å². The summed E-state index contributed by atoms with van der Waals surface area (Å²) in [5, 5.41) is 3.16. The van der Waals surface area contributed by atoms with Gasteiger partial charge in [0.25, 0.3) is 5.56 Å². The number of nitrogens with zero attached hydrogens (tertiary/aromatic N) is 2. The Morgan fingerprint density at radius 2 is 1.79 bits per heavy atom. The summed E-state index contributed by atoms with van der Waals surface area (Å²) in [6, 6.07) is 17.1. The molecule has 0 spiro atoms. The van der Waals surface area contributed by atoms with Crippen LogP contribution in [-0.4, -0.2) is 34.8 Å². The number of benzene rings is 2. The maximum Gasteiger partial charge on any atom is 0.337 e. The zero-order chi connectivity index (χ0) is 20.8. The molecule has 1 amide bonds. The number of amides is 1. The van der Waals surface area contributed by atoms with Gasteiger partial charge in [0.15, 0.2) is 5.16 Å².